The van der Waals surface area contributed by atoms with Crippen molar-refractivity contribution in [1.82, 2.24) is 9.80 Å². The quantitative estimate of drug-likeness (QED) is 0.833. The van der Waals surface area contributed by atoms with Crippen molar-refractivity contribution in [3.8, 4) is 5.75 Å². The lowest BCUT2D eigenvalue weighted by Crippen LogP contribution is -2.47. The average Bonchev–Trinajstić information content (AvgIpc) is 2.60. The van der Waals surface area contributed by atoms with Crippen molar-refractivity contribution >= 4 is 17.8 Å². The summed E-state index contributed by atoms with van der Waals surface area (Å²) in [5.41, 5.74) is 0. The van der Waals surface area contributed by atoms with Gasteiger partial charge in [0.15, 0.2) is 6.61 Å². The number of rotatable bonds is 6. The zero-order chi connectivity index (χ0) is 17.5. The number of carbonyl (C=O) groups is 3. The van der Waals surface area contributed by atoms with Gasteiger partial charge in [-0.05, 0) is 25.0 Å². The predicted octanol–water partition coefficient (Wildman–Crippen LogP) is 0.847. The molecule has 0 saturated carbocycles. The number of amides is 2. The van der Waals surface area contributed by atoms with E-state index in [-0.39, 0.29) is 31.5 Å². The van der Waals surface area contributed by atoms with Crippen LogP contribution in [-0.2, 0) is 14.4 Å². The summed E-state index contributed by atoms with van der Waals surface area (Å²) in [6.07, 6.45) is 1.25. The largest absolute Gasteiger partial charge is 0.484 e. The highest BCUT2D eigenvalue weighted by Gasteiger charge is 2.28. The number of carboxylic acid groups (broad SMARTS) is 1. The number of hydrogen-bond donors (Lipinski definition) is 1. The van der Waals surface area contributed by atoms with Crippen molar-refractivity contribution in [1.29, 1.82) is 0 Å². The van der Waals surface area contributed by atoms with Crippen molar-refractivity contribution < 1.29 is 24.2 Å². The Morgan fingerprint density at radius 1 is 1.29 bits per heavy atom. The van der Waals surface area contributed by atoms with Crippen molar-refractivity contribution in [2.75, 3.05) is 33.3 Å². The molecule has 1 aliphatic heterocycles. The van der Waals surface area contributed by atoms with E-state index in [1.54, 1.807) is 12.1 Å². The van der Waals surface area contributed by atoms with Gasteiger partial charge in [-0.25, -0.2) is 0 Å². The molecule has 0 bridgehead atoms. The molecule has 0 aliphatic carbocycles. The van der Waals surface area contributed by atoms with E-state index < -0.39 is 11.9 Å². The molecule has 7 heteroatoms. The maximum Gasteiger partial charge on any atom is 0.308 e. The summed E-state index contributed by atoms with van der Waals surface area (Å²) in [4.78, 5) is 38.2. The standard InChI is InChI=1S/C17H22N2O5/c1-18(16(21)12-24-14-7-3-2-4-8-14)11-15(20)19-9-5-6-13(10-19)17(22)23/h2-4,7-8,13H,5-6,9-12H2,1H3,(H,22,23). The molecule has 1 aromatic carbocycles. The molecule has 1 aliphatic rings. The summed E-state index contributed by atoms with van der Waals surface area (Å²) in [6.45, 7) is 0.511. The minimum Gasteiger partial charge on any atom is -0.484 e. The van der Waals surface area contributed by atoms with Crippen molar-refractivity contribution in [3.63, 3.8) is 0 Å². The number of hydrogen-bond acceptors (Lipinski definition) is 4. The van der Waals surface area contributed by atoms with Gasteiger partial charge in [-0.3, -0.25) is 14.4 Å². The molecule has 7 nitrogen and oxygen atoms in total. The second-order valence-corrected chi connectivity index (χ2v) is 5.87. The number of para-hydroxylation sites is 1. The Bertz CT molecular complexity index is 590. The number of benzene rings is 1. The van der Waals surface area contributed by atoms with Gasteiger partial charge in [-0.15, -0.1) is 0 Å². The zero-order valence-electron chi connectivity index (χ0n) is 13.7. The van der Waals surface area contributed by atoms with Crippen LogP contribution in [0.5, 0.6) is 5.75 Å². The third-order valence-corrected chi connectivity index (χ3v) is 4.03. The minimum atomic E-state index is -0.881. The second kappa shape index (κ2) is 8.33. The molecule has 1 saturated heterocycles. The van der Waals surface area contributed by atoms with E-state index in [1.807, 2.05) is 18.2 Å². The topological polar surface area (TPSA) is 87.2 Å². The molecular formula is C17H22N2O5. The van der Waals surface area contributed by atoms with Gasteiger partial charge in [0.25, 0.3) is 5.91 Å². The van der Waals surface area contributed by atoms with E-state index in [4.69, 9.17) is 9.84 Å². The summed E-state index contributed by atoms with van der Waals surface area (Å²) in [5.74, 6) is -1.36. The fraction of sp³-hybridized carbons (Fsp3) is 0.471. The molecule has 1 atom stereocenters. The molecule has 1 unspecified atom stereocenters. The monoisotopic (exact) mass is 334 g/mol. The number of nitrogens with zero attached hydrogens (tertiary/aromatic N) is 2. The first-order valence-corrected chi connectivity index (χ1v) is 7.89. The smallest absolute Gasteiger partial charge is 0.308 e. The van der Waals surface area contributed by atoms with Crippen LogP contribution in [0.1, 0.15) is 12.8 Å². The van der Waals surface area contributed by atoms with Crippen LogP contribution < -0.4 is 4.74 Å². The van der Waals surface area contributed by atoms with Crippen LogP contribution in [0, 0.1) is 5.92 Å². The van der Waals surface area contributed by atoms with Gasteiger partial charge in [-0.1, -0.05) is 18.2 Å². The Morgan fingerprint density at radius 2 is 2.00 bits per heavy atom. The van der Waals surface area contributed by atoms with Gasteiger partial charge in [0, 0.05) is 20.1 Å². The molecule has 0 spiro atoms. The van der Waals surface area contributed by atoms with E-state index in [9.17, 15) is 14.4 Å². The van der Waals surface area contributed by atoms with Gasteiger partial charge in [0.1, 0.15) is 5.75 Å². The first kappa shape index (κ1) is 17.8. The van der Waals surface area contributed by atoms with E-state index in [0.717, 1.165) is 0 Å². The van der Waals surface area contributed by atoms with Crippen LogP contribution in [0.3, 0.4) is 0 Å². The lowest BCUT2D eigenvalue weighted by molar-refractivity contribution is -0.147. The highest BCUT2D eigenvalue weighted by Crippen LogP contribution is 2.16. The first-order valence-electron chi connectivity index (χ1n) is 7.89. The van der Waals surface area contributed by atoms with Crippen LogP contribution in [0.25, 0.3) is 0 Å². The Balaban J connectivity index is 1.80. The predicted molar refractivity (Wildman–Crippen MR) is 86.5 cm³/mol. The summed E-state index contributed by atoms with van der Waals surface area (Å²) >= 11 is 0. The SMILES string of the molecule is CN(CC(=O)N1CCCC(C(=O)O)C1)C(=O)COc1ccccc1. The molecular weight excluding hydrogens is 312 g/mol. The number of aliphatic carboxylic acids is 1. The van der Waals surface area contributed by atoms with Crippen LogP contribution in [0.2, 0.25) is 0 Å². The van der Waals surface area contributed by atoms with Crippen LogP contribution in [-0.4, -0.2) is 66.0 Å². The van der Waals surface area contributed by atoms with Gasteiger partial charge in [-0.2, -0.15) is 0 Å². The highest BCUT2D eigenvalue weighted by molar-refractivity contribution is 5.85. The number of piperidine rings is 1. The summed E-state index contributed by atoms with van der Waals surface area (Å²) < 4.78 is 5.37. The Kier molecular flexibility index (Phi) is 6.17. The fourth-order valence-corrected chi connectivity index (χ4v) is 2.57. The second-order valence-electron chi connectivity index (χ2n) is 5.87. The molecule has 130 valence electrons. The number of carboxylic acids is 1. The van der Waals surface area contributed by atoms with E-state index in [2.05, 4.69) is 0 Å². The molecule has 1 heterocycles. The summed E-state index contributed by atoms with van der Waals surface area (Å²) in [6, 6.07) is 8.96. The summed E-state index contributed by atoms with van der Waals surface area (Å²) in [5, 5.41) is 9.07. The lowest BCUT2D eigenvalue weighted by atomic mass is 9.98. The van der Waals surface area contributed by atoms with Crippen LogP contribution >= 0.6 is 0 Å². The minimum absolute atomic E-state index is 0.0800. The van der Waals surface area contributed by atoms with Crippen LogP contribution in [0.15, 0.2) is 30.3 Å². The highest BCUT2D eigenvalue weighted by atomic mass is 16.5. The lowest BCUT2D eigenvalue weighted by Gasteiger charge is -2.32. The van der Waals surface area contributed by atoms with Gasteiger partial charge in [0.05, 0.1) is 12.5 Å². The average molecular weight is 334 g/mol. The van der Waals surface area contributed by atoms with Gasteiger partial charge >= 0.3 is 5.97 Å². The molecule has 2 rings (SSSR count). The Hall–Kier alpha value is -2.57. The number of carbonyl (C=O) groups excluding carboxylic acids is 2. The fourth-order valence-electron chi connectivity index (χ4n) is 2.57. The van der Waals surface area contributed by atoms with Crippen LogP contribution in [0.4, 0.5) is 0 Å². The maximum atomic E-state index is 12.3. The molecule has 0 radical (unpaired) electrons. The molecule has 24 heavy (non-hydrogen) atoms. The first-order chi connectivity index (χ1) is 11.5. The van der Waals surface area contributed by atoms with Gasteiger partial charge in [0.2, 0.25) is 5.91 Å². The van der Waals surface area contributed by atoms with Crippen molar-refractivity contribution in [2.24, 2.45) is 5.92 Å². The normalized spacial score (nSPS) is 17.2. The molecule has 1 aromatic rings. The van der Waals surface area contributed by atoms with Crippen molar-refractivity contribution in [3.05, 3.63) is 30.3 Å². The summed E-state index contributed by atoms with van der Waals surface area (Å²) in [7, 11) is 1.53. The van der Waals surface area contributed by atoms with Crippen molar-refractivity contribution in [2.45, 2.75) is 12.8 Å². The molecule has 1 fully saturated rings. The third kappa shape index (κ3) is 4.97. The van der Waals surface area contributed by atoms with E-state index in [1.165, 1.54) is 16.8 Å². The number of likely N-dealkylation sites (tertiary alicyclic amines) is 1. The Morgan fingerprint density at radius 3 is 2.67 bits per heavy atom. The molecule has 0 aromatic heterocycles. The molecule has 2 amide bonds. The van der Waals surface area contributed by atoms with E-state index >= 15 is 0 Å². The number of ether oxygens (including phenoxy) is 1. The Labute approximate surface area is 140 Å². The van der Waals surface area contributed by atoms with Gasteiger partial charge < -0.3 is 19.6 Å². The zero-order valence-corrected chi connectivity index (χ0v) is 13.7. The number of likely N-dealkylation sites (N-methyl/N-ethyl adjacent to an activating group) is 1. The molecule has 1 N–H and O–H groups in total. The maximum absolute atomic E-state index is 12.3. The van der Waals surface area contributed by atoms with E-state index in [0.29, 0.717) is 25.1 Å². The third-order valence-electron chi connectivity index (χ3n) is 4.03.